The van der Waals surface area contributed by atoms with Gasteiger partial charge in [0.1, 0.15) is 17.8 Å². The SMILES string of the molecule is CC[C@H]1OC(=O)[C@H](C)[C@H](O)[C@H](C)[C@@H](O[C@@H]2O[C@H](C)C[C@H](N(C)C)[C@H]2O)[C@](C)(OC)C[C@@H](C)/C=C(/C)[C@@H](CCOC(=O)c2cnc3ccccc3c2)[C@]1(C)O. The lowest BCUT2D eigenvalue weighted by molar-refractivity contribution is -0.301. The van der Waals surface area contributed by atoms with E-state index < -0.39 is 71.6 Å². The Morgan fingerprint density at radius 3 is 2.43 bits per heavy atom. The summed E-state index contributed by atoms with van der Waals surface area (Å²) in [4.78, 5) is 33.3. The third kappa shape index (κ3) is 9.87. The Kier molecular flexibility index (Phi) is 14.8. The van der Waals surface area contributed by atoms with Gasteiger partial charge in [-0.1, -0.05) is 50.6 Å². The molecule has 2 aliphatic rings. The van der Waals surface area contributed by atoms with Crippen LogP contribution < -0.4 is 0 Å². The first-order valence-corrected chi connectivity index (χ1v) is 19.4. The van der Waals surface area contributed by atoms with Crippen molar-refractivity contribution in [1.29, 1.82) is 0 Å². The minimum Gasteiger partial charge on any atom is -0.462 e. The fourth-order valence-electron chi connectivity index (χ4n) is 8.58. The van der Waals surface area contributed by atoms with Crippen LogP contribution in [-0.2, 0) is 28.5 Å². The van der Waals surface area contributed by atoms with Gasteiger partial charge >= 0.3 is 11.9 Å². The number of benzene rings is 1. The molecule has 3 N–H and O–H groups in total. The van der Waals surface area contributed by atoms with Crippen LogP contribution in [0.25, 0.3) is 10.9 Å². The number of rotatable bonds is 9. The molecule has 1 aromatic carbocycles. The number of esters is 2. The molecule has 0 unspecified atom stereocenters. The Labute approximate surface area is 321 Å². The van der Waals surface area contributed by atoms with Gasteiger partial charge in [0.2, 0.25) is 0 Å². The number of carbonyl (C=O) groups excluding carboxylic acids is 2. The Bertz CT molecular complexity index is 1600. The Morgan fingerprint density at radius 1 is 1.09 bits per heavy atom. The van der Waals surface area contributed by atoms with Crippen LogP contribution in [0.5, 0.6) is 0 Å². The molecule has 0 saturated carbocycles. The maximum atomic E-state index is 13.8. The van der Waals surface area contributed by atoms with Crippen LogP contribution in [0.15, 0.2) is 48.2 Å². The summed E-state index contributed by atoms with van der Waals surface area (Å²) in [6, 6.07) is 9.03. The molecule has 13 atom stereocenters. The molecule has 0 bridgehead atoms. The molecule has 1 saturated heterocycles. The van der Waals surface area contributed by atoms with Gasteiger partial charge in [0, 0.05) is 36.6 Å². The number of allylic oxidation sites excluding steroid dienone is 1. The summed E-state index contributed by atoms with van der Waals surface area (Å²) < 4.78 is 30.9. The van der Waals surface area contributed by atoms with Gasteiger partial charge in [-0.2, -0.15) is 0 Å². The minimum atomic E-state index is -1.56. The number of nitrogens with zero attached hydrogens (tertiary/aromatic N) is 2. The highest BCUT2D eigenvalue weighted by atomic mass is 16.7. The molecule has 0 aliphatic carbocycles. The zero-order valence-corrected chi connectivity index (χ0v) is 34.0. The van der Waals surface area contributed by atoms with Crippen molar-refractivity contribution < 1.29 is 48.6 Å². The summed E-state index contributed by atoms with van der Waals surface area (Å²) in [7, 11) is 5.39. The number of aliphatic hydroxyl groups is 3. The number of hydrogen-bond acceptors (Lipinski definition) is 12. The van der Waals surface area contributed by atoms with E-state index in [2.05, 4.69) is 11.1 Å². The number of ether oxygens (including phenoxy) is 5. The lowest BCUT2D eigenvalue weighted by Gasteiger charge is -2.48. The molecule has 12 heteroatoms. The van der Waals surface area contributed by atoms with Gasteiger partial charge in [-0.05, 0) is 92.4 Å². The van der Waals surface area contributed by atoms with Crippen molar-refractivity contribution in [3.8, 4) is 0 Å². The Balaban J connectivity index is 1.67. The molecule has 2 aliphatic heterocycles. The van der Waals surface area contributed by atoms with Gasteiger partial charge in [-0.15, -0.1) is 0 Å². The summed E-state index contributed by atoms with van der Waals surface area (Å²) in [5.74, 6) is -3.60. The van der Waals surface area contributed by atoms with Crippen LogP contribution in [0, 0.1) is 23.7 Å². The highest BCUT2D eigenvalue weighted by Gasteiger charge is 2.50. The van der Waals surface area contributed by atoms with E-state index in [-0.39, 0.29) is 31.1 Å². The second-order valence-electron chi connectivity index (χ2n) is 16.3. The van der Waals surface area contributed by atoms with E-state index in [0.29, 0.717) is 24.8 Å². The first-order chi connectivity index (χ1) is 25.3. The van der Waals surface area contributed by atoms with Gasteiger partial charge < -0.3 is 43.9 Å². The lowest BCUT2D eigenvalue weighted by atomic mass is 9.74. The van der Waals surface area contributed by atoms with Crippen LogP contribution in [0.1, 0.15) is 91.4 Å². The highest BCUT2D eigenvalue weighted by Crippen LogP contribution is 2.40. The maximum Gasteiger partial charge on any atom is 0.339 e. The van der Waals surface area contributed by atoms with Crippen molar-refractivity contribution in [2.45, 2.75) is 135 Å². The summed E-state index contributed by atoms with van der Waals surface area (Å²) >= 11 is 0. The summed E-state index contributed by atoms with van der Waals surface area (Å²) in [5, 5.41) is 36.3. The first-order valence-electron chi connectivity index (χ1n) is 19.4. The number of carbonyl (C=O) groups is 2. The van der Waals surface area contributed by atoms with E-state index in [1.807, 2.05) is 77.9 Å². The van der Waals surface area contributed by atoms with E-state index in [0.717, 1.165) is 16.5 Å². The van der Waals surface area contributed by atoms with Crippen LogP contribution >= 0.6 is 0 Å². The number of likely N-dealkylation sites (N-methyl/N-ethyl adjacent to an activating group) is 1. The largest absolute Gasteiger partial charge is 0.462 e. The van der Waals surface area contributed by atoms with Crippen molar-refractivity contribution in [3.05, 3.63) is 53.7 Å². The first kappa shape index (κ1) is 43.8. The van der Waals surface area contributed by atoms with E-state index in [4.69, 9.17) is 23.7 Å². The predicted molar refractivity (Wildman–Crippen MR) is 206 cm³/mol. The molecule has 1 aromatic heterocycles. The van der Waals surface area contributed by atoms with Gasteiger partial charge in [0.05, 0.1) is 47.5 Å². The molecule has 4 rings (SSSR count). The van der Waals surface area contributed by atoms with Crippen LogP contribution in [-0.4, -0.2) is 119 Å². The highest BCUT2D eigenvalue weighted by molar-refractivity contribution is 5.93. The molecule has 12 nitrogen and oxygen atoms in total. The zero-order valence-electron chi connectivity index (χ0n) is 34.0. The second-order valence-corrected chi connectivity index (χ2v) is 16.3. The molecular formula is C42H64N2O10. The normalized spacial score (nSPS) is 38.3. The van der Waals surface area contributed by atoms with Gasteiger partial charge in [0.15, 0.2) is 6.29 Å². The molecule has 2 aromatic rings. The standard InChI is InChI=1S/C42H64N2O10/c1-12-34-42(8,49)31(17-18-51-39(48)30-21-29-15-13-14-16-32(29)43-23-30)25(3)19-24(2)22-41(7,50-11)37(27(5)35(45)28(6)38(47)53-34)54-40-36(46)33(44(9)10)20-26(4)52-40/h13-16,19,21,23-24,26-28,31,33-37,40,45-46,49H,12,17-18,20,22H2,1-11H3/b25-19-/t24-,26+,27-,28+,31+,33-,34+,35+,36+,37+,40-,41+,42-/m0/s1. The van der Waals surface area contributed by atoms with E-state index in [1.165, 1.54) is 6.20 Å². The van der Waals surface area contributed by atoms with Crippen molar-refractivity contribution in [2.75, 3.05) is 27.8 Å². The topological polar surface area (TPSA) is 157 Å². The third-order valence-corrected chi connectivity index (χ3v) is 11.8. The Hall–Kier alpha value is -2.97. The maximum absolute atomic E-state index is 13.8. The smallest absolute Gasteiger partial charge is 0.339 e. The van der Waals surface area contributed by atoms with E-state index in [9.17, 15) is 24.9 Å². The molecule has 3 heterocycles. The van der Waals surface area contributed by atoms with E-state index in [1.54, 1.807) is 33.9 Å². The van der Waals surface area contributed by atoms with Crippen molar-refractivity contribution in [1.82, 2.24) is 9.88 Å². The summed E-state index contributed by atoms with van der Waals surface area (Å²) in [5.41, 5.74) is -0.677. The van der Waals surface area contributed by atoms with Crippen LogP contribution in [0.3, 0.4) is 0 Å². The number of methoxy groups -OCH3 is 1. The Morgan fingerprint density at radius 2 is 1.78 bits per heavy atom. The molecule has 0 amide bonds. The monoisotopic (exact) mass is 756 g/mol. The second kappa shape index (κ2) is 18.3. The van der Waals surface area contributed by atoms with Gasteiger partial charge in [-0.25, -0.2) is 4.79 Å². The molecule has 54 heavy (non-hydrogen) atoms. The average molecular weight is 757 g/mol. The third-order valence-electron chi connectivity index (χ3n) is 11.8. The molecule has 1 fully saturated rings. The van der Waals surface area contributed by atoms with Crippen molar-refractivity contribution in [2.24, 2.45) is 23.7 Å². The zero-order chi connectivity index (χ0) is 40.1. The summed E-state index contributed by atoms with van der Waals surface area (Å²) in [6.45, 7) is 14.7. The molecule has 302 valence electrons. The quantitative estimate of drug-likeness (QED) is 0.224. The number of aliphatic hydroxyl groups excluding tert-OH is 2. The molecule has 0 radical (unpaired) electrons. The predicted octanol–water partition coefficient (Wildman–Crippen LogP) is 5.31. The fraction of sp³-hybridized carbons (Fsp3) is 0.690. The van der Waals surface area contributed by atoms with Gasteiger partial charge in [0.25, 0.3) is 0 Å². The molecular weight excluding hydrogens is 692 g/mol. The number of hydrogen-bond donors (Lipinski definition) is 3. The minimum absolute atomic E-state index is 0.00910. The van der Waals surface area contributed by atoms with Crippen LogP contribution in [0.4, 0.5) is 0 Å². The lowest BCUT2D eigenvalue weighted by Crippen LogP contribution is -2.59. The van der Waals surface area contributed by atoms with Crippen LogP contribution in [0.2, 0.25) is 0 Å². The number of fused-ring (bicyclic) bond motifs is 1. The van der Waals surface area contributed by atoms with Gasteiger partial charge in [-0.3, -0.25) is 9.78 Å². The number of para-hydroxylation sites is 1. The number of cyclic esters (lactones) is 1. The molecule has 0 spiro atoms. The average Bonchev–Trinajstić information content (AvgIpc) is 3.13. The number of pyridine rings is 1. The van der Waals surface area contributed by atoms with Crippen molar-refractivity contribution in [3.63, 3.8) is 0 Å². The number of aromatic nitrogens is 1. The fourth-order valence-corrected chi connectivity index (χ4v) is 8.58. The van der Waals surface area contributed by atoms with E-state index >= 15 is 0 Å². The summed E-state index contributed by atoms with van der Waals surface area (Å²) in [6.07, 6.45) is -0.0580. The van der Waals surface area contributed by atoms with Crippen molar-refractivity contribution >= 4 is 22.8 Å².